The van der Waals surface area contributed by atoms with Crippen molar-refractivity contribution in [1.82, 2.24) is 9.88 Å². The molecule has 2 aliphatic carbocycles. The third-order valence-corrected chi connectivity index (χ3v) is 5.28. The highest BCUT2D eigenvalue weighted by atomic mass is 16.5. The van der Waals surface area contributed by atoms with Gasteiger partial charge < -0.3 is 14.1 Å². The van der Waals surface area contributed by atoms with Gasteiger partial charge in [0, 0.05) is 32.2 Å². The number of oxazole rings is 1. The second-order valence-corrected chi connectivity index (χ2v) is 7.38. The number of ether oxygens (including phenoxy) is 1. The van der Waals surface area contributed by atoms with Crippen molar-refractivity contribution in [3.8, 4) is 0 Å². The van der Waals surface area contributed by atoms with Gasteiger partial charge in [-0.15, -0.1) is 0 Å². The fourth-order valence-corrected chi connectivity index (χ4v) is 3.31. The molecule has 0 aromatic carbocycles. The Bertz CT molecular complexity index is 542. The summed E-state index contributed by atoms with van der Waals surface area (Å²) in [7, 11) is 0. The lowest BCUT2D eigenvalue weighted by atomic mass is 10.0. The highest BCUT2D eigenvalue weighted by molar-refractivity contribution is 5.92. The van der Waals surface area contributed by atoms with E-state index in [9.17, 15) is 4.79 Å². The summed E-state index contributed by atoms with van der Waals surface area (Å²) in [6.45, 7) is 3.28. The zero-order chi connectivity index (χ0) is 15.6. The Morgan fingerprint density at radius 2 is 1.87 bits per heavy atom. The smallest absolute Gasteiger partial charge is 0.275 e. The molecule has 0 bridgehead atoms. The van der Waals surface area contributed by atoms with Crippen LogP contribution in [0.1, 0.15) is 67.2 Å². The Kier molecular flexibility index (Phi) is 4.38. The largest absolute Gasteiger partial charge is 0.448 e. The van der Waals surface area contributed by atoms with Crippen LogP contribution in [0.3, 0.4) is 0 Å². The first-order valence-electron chi connectivity index (χ1n) is 9.12. The van der Waals surface area contributed by atoms with Crippen molar-refractivity contribution < 1.29 is 13.9 Å². The van der Waals surface area contributed by atoms with Crippen LogP contribution in [0.25, 0.3) is 0 Å². The fourth-order valence-electron chi connectivity index (χ4n) is 3.31. The van der Waals surface area contributed by atoms with E-state index in [0.717, 1.165) is 51.5 Å². The number of nitrogens with zero attached hydrogens (tertiary/aromatic N) is 2. The number of amides is 1. The molecule has 5 heteroatoms. The molecule has 4 rings (SSSR count). The lowest BCUT2D eigenvalue weighted by molar-refractivity contribution is 0.0736. The zero-order valence-corrected chi connectivity index (χ0v) is 13.7. The molecule has 3 fully saturated rings. The second-order valence-electron chi connectivity index (χ2n) is 7.38. The van der Waals surface area contributed by atoms with E-state index in [0.29, 0.717) is 23.4 Å². The van der Waals surface area contributed by atoms with Crippen LogP contribution in [0.4, 0.5) is 0 Å². The van der Waals surface area contributed by atoms with Crippen LogP contribution in [-0.2, 0) is 4.74 Å². The maximum absolute atomic E-state index is 12.8. The molecule has 0 spiro atoms. The van der Waals surface area contributed by atoms with E-state index >= 15 is 0 Å². The molecule has 1 aromatic rings. The first-order chi connectivity index (χ1) is 11.3. The van der Waals surface area contributed by atoms with E-state index in [1.165, 1.54) is 25.7 Å². The SMILES string of the molecule is O=C(c1coc(C2CCOCC2)n1)N(CCC1CC1)CC1CC1. The van der Waals surface area contributed by atoms with Gasteiger partial charge in [0.05, 0.1) is 0 Å². The van der Waals surface area contributed by atoms with Crippen molar-refractivity contribution in [2.45, 2.75) is 50.9 Å². The summed E-state index contributed by atoms with van der Waals surface area (Å²) in [6.07, 6.45) is 9.77. The van der Waals surface area contributed by atoms with E-state index in [1.54, 1.807) is 6.26 Å². The summed E-state index contributed by atoms with van der Waals surface area (Å²) in [6, 6.07) is 0. The van der Waals surface area contributed by atoms with Crippen LogP contribution < -0.4 is 0 Å². The van der Waals surface area contributed by atoms with Gasteiger partial charge in [0.25, 0.3) is 5.91 Å². The van der Waals surface area contributed by atoms with E-state index < -0.39 is 0 Å². The Labute approximate surface area is 137 Å². The molecule has 1 saturated heterocycles. The number of hydrogen-bond donors (Lipinski definition) is 0. The van der Waals surface area contributed by atoms with Crippen LogP contribution in [-0.4, -0.2) is 42.1 Å². The lowest BCUT2D eigenvalue weighted by Gasteiger charge is -2.21. The molecule has 0 unspecified atom stereocenters. The lowest BCUT2D eigenvalue weighted by Crippen LogP contribution is -2.34. The summed E-state index contributed by atoms with van der Waals surface area (Å²) in [5.74, 6) is 2.62. The van der Waals surface area contributed by atoms with E-state index in [4.69, 9.17) is 9.15 Å². The summed E-state index contributed by atoms with van der Waals surface area (Å²) in [5, 5.41) is 0. The van der Waals surface area contributed by atoms with Crippen LogP contribution in [0, 0.1) is 11.8 Å². The summed E-state index contributed by atoms with van der Waals surface area (Å²) < 4.78 is 11.0. The second kappa shape index (κ2) is 6.63. The van der Waals surface area contributed by atoms with E-state index in [-0.39, 0.29) is 5.91 Å². The van der Waals surface area contributed by atoms with Gasteiger partial charge in [0.1, 0.15) is 6.26 Å². The van der Waals surface area contributed by atoms with Crippen molar-refractivity contribution in [1.29, 1.82) is 0 Å². The zero-order valence-electron chi connectivity index (χ0n) is 13.7. The third-order valence-electron chi connectivity index (χ3n) is 5.28. The summed E-state index contributed by atoms with van der Waals surface area (Å²) in [5.41, 5.74) is 0.489. The minimum Gasteiger partial charge on any atom is -0.448 e. The van der Waals surface area contributed by atoms with Gasteiger partial charge in [-0.05, 0) is 43.9 Å². The van der Waals surface area contributed by atoms with Gasteiger partial charge in [-0.3, -0.25) is 4.79 Å². The average Bonchev–Trinajstić information content (AvgIpc) is 3.51. The Hall–Kier alpha value is -1.36. The molecule has 1 aromatic heterocycles. The molecule has 2 saturated carbocycles. The number of rotatable bonds is 7. The molecular weight excluding hydrogens is 292 g/mol. The standard InChI is InChI=1S/C18H26N2O3/c21-18(20(11-14-3-4-14)8-5-13-1-2-13)16-12-23-17(19-16)15-6-9-22-10-7-15/h12-15H,1-11H2. The Morgan fingerprint density at radius 3 is 2.57 bits per heavy atom. The average molecular weight is 318 g/mol. The number of aromatic nitrogens is 1. The molecule has 1 aliphatic heterocycles. The van der Waals surface area contributed by atoms with Crippen LogP contribution >= 0.6 is 0 Å². The van der Waals surface area contributed by atoms with Crippen LogP contribution in [0.5, 0.6) is 0 Å². The van der Waals surface area contributed by atoms with Crippen LogP contribution in [0.2, 0.25) is 0 Å². The molecule has 0 radical (unpaired) electrons. The van der Waals surface area contributed by atoms with Gasteiger partial charge in [0.15, 0.2) is 11.6 Å². The van der Waals surface area contributed by atoms with E-state index in [1.807, 2.05) is 4.90 Å². The monoisotopic (exact) mass is 318 g/mol. The Morgan fingerprint density at radius 1 is 1.13 bits per heavy atom. The molecule has 3 aliphatic rings. The Balaban J connectivity index is 1.41. The number of carbonyl (C=O) groups excluding carboxylic acids is 1. The highest BCUT2D eigenvalue weighted by Gasteiger charge is 2.31. The maximum Gasteiger partial charge on any atom is 0.275 e. The molecule has 2 heterocycles. The maximum atomic E-state index is 12.8. The molecular formula is C18H26N2O3. The van der Waals surface area contributed by atoms with Crippen molar-refractivity contribution in [3.05, 3.63) is 17.8 Å². The molecule has 0 atom stereocenters. The first kappa shape index (κ1) is 15.2. The van der Waals surface area contributed by atoms with Crippen molar-refractivity contribution in [2.24, 2.45) is 11.8 Å². The van der Waals surface area contributed by atoms with Gasteiger partial charge in [-0.25, -0.2) is 4.98 Å². The van der Waals surface area contributed by atoms with Gasteiger partial charge in [-0.2, -0.15) is 0 Å². The highest BCUT2D eigenvalue weighted by Crippen LogP contribution is 2.34. The van der Waals surface area contributed by atoms with Crippen molar-refractivity contribution in [2.75, 3.05) is 26.3 Å². The molecule has 1 amide bonds. The quantitative estimate of drug-likeness (QED) is 0.774. The minimum absolute atomic E-state index is 0.0552. The first-order valence-corrected chi connectivity index (χ1v) is 9.12. The molecule has 126 valence electrons. The van der Waals surface area contributed by atoms with Crippen molar-refractivity contribution >= 4 is 5.91 Å². The van der Waals surface area contributed by atoms with Crippen LogP contribution in [0.15, 0.2) is 10.7 Å². The van der Waals surface area contributed by atoms with Gasteiger partial charge >= 0.3 is 0 Å². The van der Waals surface area contributed by atoms with Gasteiger partial charge in [-0.1, -0.05) is 12.8 Å². The predicted octanol–water partition coefficient (Wildman–Crippen LogP) is 3.22. The molecule has 23 heavy (non-hydrogen) atoms. The predicted molar refractivity (Wildman–Crippen MR) is 85.3 cm³/mol. The summed E-state index contributed by atoms with van der Waals surface area (Å²) >= 11 is 0. The minimum atomic E-state index is 0.0552. The van der Waals surface area contributed by atoms with Gasteiger partial charge in [0.2, 0.25) is 0 Å². The number of hydrogen-bond acceptors (Lipinski definition) is 4. The molecule has 5 nitrogen and oxygen atoms in total. The van der Waals surface area contributed by atoms with Crippen molar-refractivity contribution in [3.63, 3.8) is 0 Å². The normalized spacial score (nSPS) is 22.3. The number of carbonyl (C=O) groups is 1. The summed E-state index contributed by atoms with van der Waals surface area (Å²) in [4.78, 5) is 19.3. The fraction of sp³-hybridized carbons (Fsp3) is 0.778. The van der Waals surface area contributed by atoms with E-state index in [2.05, 4.69) is 4.98 Å². The third kappa shape index (κ3) is 3.94. The topological polar surface area (TPSA) is 55.6 Å². The molecule has 0 N–H and O–H groups in total.